The van der Waals surface area contributed by atoms with Gasteiger partial charge in [0.05, 0.1) is 11.3 Å². The van der Waals surface area contributed by atoms with E-state index in [-0.39, 0.29) is 5.91 Å². The van der Waals surface area contributed by atoms with Crippen molar-refractivity contribution in [1.82, 2.24) is 4.90 Å². The summed E-state index contributed by atoms with van der Waals surface area (Å²) in [6.07, 6.45) is 6.74. The van der Waals surface area contributed by atoms with Crippen LogP contribution in [0.4, 0.5) is 0 Å². The van der Waals surface area contributed by atoms with Crippen molar-refractivity contribution in [2.24, 2.45) is 17.1 Å². The zero-order valence-corrected chi connectivity index (χ0v) is 11.4. The zero-order valence-electron chi connectivity index (χ0n) is 11.4. The molecule has 0 bridgehead atoms. The maximum atomic E-state index is 12.7. The van der Waals surface area contributed by atoms with Crippen molar-refractivity contribution in [2.45, 2.75) is 44.9 Å². The van der Waals surface area contributed by atoms with Crippen molar-refractivity contribution >= 4 is 11.9 Å². The van der Waals surface area contributed by atoms with E-state index in [0.717, 1.165) is 25.7 Å². The number of aliphatic carboxylic acids is 1. The smallest absolute Gasteiger partial charge is 0.308 e. The number of carboxylic acids is 1. The summed E-state index contributed by atoms with van der Waals surface area (Å²) in [5, 5.41) is 9.03. The van der Waals surface area contributed by atoms with E-state index in [1.807, 2.05) is 0 Å². The summed E-state index contributed by atoms with van der Waals surface area (Å²) in [6, 6.07) is 0. The number of hydrogen-bond donors (Lipinski definition) is 2. The number of carbonyl (C=O) groups is 2. The molecule has 0 radical (unpaired) electrons. The number of hydrogen-bond acceptors (Lipinski definition) is 3. The second-order valence-electron chi connectivity index (χ2n) is 5.97. The number of nitrogens with two attached hydrogens (primary N) is 1. The van der Waals surface area contributed by atoms with Crippen LogP contribution in [0.1, 0.15) is 44.9 Å². The lowest BCUT2D eigenvalue weighted by molar-refractivity contribution is -0.143. The molecule has 1 amide bonds. The summed E-state index contributed by atoms with van der Waals surface area (Å²) >= 11 is 0. The lowest BCUT2D eigenvalue weighted by Gasteiger charge is -2.34. The van der Waals surface area contributed by atoms with E-state index < -0.39 is 17.3 Å². The summed E-state index contributed by atoms with van der Waals surface area (Å²) in [5.41, 5.74) is 5.48. The molecule has 3 N–H and O–H groups in total. The first-order valence-corrected chi connectivity index (χ1v) is 7.31. The number of likely N-dealkylation sites (tertiary alicyclic amines) is 1. The molecule has 0 spiro atoms. The van der Waals surface area contributed by atoms with E-state index in [4.69, 9.17) is 10.8 Å². The third-order valence-electron chi connectivity index (χ3n) is 4.73. The molecule has 5 nitrogen and oxygen atoms in total. The molecule has 0 aromatic carbocycles. The summed E-state index contributed by atoms with van der Waals surface area (Å²) in [4.78, 5) is 25.4. The normalized spacial score (nSPS) is 27.0. The highest BCUT2D eigenvalue weighted by molar-refractivity contribution is 5.84. The predicted octanol–water partition coefficient (Wildman–Crippen LogP) is 1.22. The summed E-state index contributed by atoms with van der Waals surface area (Å²) in [5.74, 6) is -1.09. The van der Waals surface area contributed by atoms with Crippen LogP contribution in [-0.4, -0.2) is 41.5 Å². The minimum Gasteiger partial charge on any atom is -0.481 e. The van der Waals surface area contributed by atoms with E-state index >= 15 is 0 Å². The first-order valence-electron chi connectivity index (χ1n) is 7.31. The molecule has 2 fully saturated rings. The van der Waals surface area contributed by atoms with E-state index in [9.17, 15) is 9.59 Å². The molecule has 1 saturated heterocycles. The second kappa shape index (κ2) is 5.90. The molecule has 2 rings (SSSR count). The monoisotopic (exact) mass is 268 g/mol. The molecule has 0 aromatic heterocycles. The molecule has 1 aliphatic heterocycles. The van der Waals surface area contributed by atoms with Gasteiger partial charge >= 0.3 is 5.97 Å². The maximum Gasteiger partial charge on any atom is 0.308 e. The Labute approximate surface area is 114 Å². The molecule has 1 unspecified atom stereocenters. The molecule has 1 saturated carbocycles. The van der Waals surface area contributed by atoms with Crippen LogP contribution in [0.25, 0.3) is 0 Å². The van der Waals surface area contributed by atoms with Crippen molar-refractivity contribution in [3.05, 3.63) is 0 Å². The minimum atomic E-state index is -0.794. The Morgan fingerprint density at radius 2 is 1.84 bits per heavy atom. The third-order valence-corrected chi connectivity index (χ3v) is 4.73. The Kier molecular flexibility index (Phi) is 4.45. The second-order valence-corrected chi connectivity index (χ2v) is 5.97. The Balaban J connectivity index is 2.06. The Hall–Kier alpha value is -1.10. The molecule has 1 atom stereocenters. The molecule has 5 heteroatoms. The third kappa shape index (κ3) is 2.91. The summed E-state index contributed by atoms with van der Waals surface area (Å²) in [6.45, 7) is 1.31. The zero-order chi connectivity index (χ0) is 13.9. The van der Waals surface area contributed by atoms with Crippen LogP contribution in [-0.2, 0) is 9.59 Å². The van der Waals surface area contributed by atoms with Gasteiger partial charge < -0.3 is 15.7 Å². The highest BCUT2D eigenvalue weighted by Crippen LogP contribution is 2.37. The first-order chi connectivity index (χ1) is 9.09. The highest BCUT2D eigenvalue weighted by atomic mass is 16.4. The number of carbonyl (C=O) groups excluding carboxylic acids is 1. The van der Waals surface area contributed by atoms with Gasteiger partial charge in [-0.25, -0.2) is 0 Å². The van der Waals surface area contributed by atoms with Gasteiger partial charge in [-0.1, -0.05) is 25.7 Å². The minimum absolute atomic E-state index is 0.0978. The average Bonchev–Trinajstić information content (AvgIpc) is 2.77. The van der Waals surface area contributed by atoms with Crippen molar-refractivity contribution in [1.29, 1.82) is 0 Å². The van der Waals surface area contributed by atoms with Gasteiger partial charge in [0.25, 0.3) is 0 Å². The molecule has 108 valence electrons. The Morgan fingerprint density at radius 1 is 1.21 bits per heavy atom. The SMILES string of the molecule is NCC1(C(=O)N2CCC(C(=O)O)C2)CCCCCC1. The van der Waals surface area contributed by atoms with Crippen LogP contribution >= 0.6 is 0 Å². The Morgan fingerprint density at radius 3 is 2.32 bits per heavy atom. The van der Waals surface area contributed by atoms with Crippen LogP contribution in [0, 0.1) is 11.3 Å². The van der Waals surface area contributed by atoms with Crippen LogP contribution in [0.15, 0.2) is 0 Å². The quantitative estimate of drug-likeness (QED) is 0.754. The van der Waals surface area contributed by atoms with Gasteiger partial charge in [-0.2, -0.15) is 0 Å². The van der Waals surface area contributed by atoms with E-state index in [1.54, 1.807) is 4.90 Å². The number of nitrogens with zero attached hydrogens (tertiary/aromatic N) is 1. The fraction of sp³-hybridized carbons (Fsp3) is 0.857. The van der Waals surface area contributed by atoms with E-state index in [0.29, 0.717) is 26.1 Å². The fourth-order valence-corrected chi connectivity index (χ4v) is 3.39. The van der Waals surface area contributed by atoms with Gasteiger partial charge in [-0.05, 0) is 19.3 Å². The molecule has 19 heavy (non-hydrogen) atoms. The Bertz CT molecular complexity index is 349. The molecule has 1 aliphatic carbocycles. The van der Waals surface area contributed by atoms with Crippen LogP contribution < -0.4 is 5.73 Å². The maximum absolute atomic E-state index is 12.7. The van der Waals surface area contributed by atoms with Gasteiger partial charge in [-0.15, -0.1) is 0 Å². The number of carboxylic acid groups (broad SMARTS) is 1. The van der Waals surface area contributed by atoms with Crippen molar-refractivity contribution in [3.63, 3.8) is 0 Å². The molecule has 0 aromatic rings. The van der Waals surface area contributed by atoms with Gasteiger partial charge in [-0.3, -0.25) is 9.59 Å². The van der Waals surface area contributed by atoms with Gasteiger partial charge in [0.2, 0.25) is 5.91 Å². The molecule has 2 aliphatic rings. The topological polar surface area (TPSA) is 83.6 Å². The fourth-order valence-electron chi connectivity index (χ4n) is 3.39. The van der Waals surface area contributed by atoms with Crippen LogP contribution in [0.2, 0.25) is 0 Å². The first kappa shape index (κ1) is 14.3. The van der Waals surface area contributed by atoms with Crippen molar-refractivity contribution < 1.29 is 14.7 Å². The van der Waals surface area contributed by atoms with Crippen molar-refractivity contribution in [2.75, 3.05) is 19.6 Å². The highest BCUT2D eigenvalue weighted by Gasteiger charge is 2.42. The largest absolute Gasteiger partial charge is 0.481 e. The predicted molar refractivity (Wildman–Crippen MR) is 71.5 cm³/mol. The van der Waals surface area contributed by atoms with Gasteiger partial charge in [0, 0.05) is 19.6 Å². The van der Waals surface area contributed by atoms with Crippen LogP contribution in [0.5, 0.6) is 0 Å². The average molecular weight is 268 g/mol. The van der Waals surface area contributed by atoms with E-state index in [1.165, 1.54) is 12.8 Å². The number of rotatable bonds is 3. The van der Waals surface area contributed by atoms with Gasteiger partial charge in [0.15, 0.2) is 0 Å². The molecular formula is C14H24N2O3. The molecule has 1 heterocycles. The number of amides is 1. The summed E-state index contributed by atoms with van der Waals surface area (Å²) < 4.78 is 0. The van der Waals surface area contributed by atoms with E-state index in [2.05, 4.69) is 0 Å². The standard InChI is InChI=1S/C14H24N2O3/c15-10-14(6-3-1-2-4-7-14)13(19)16-8-5-11(9-16)12(17)18/h11H,1-10,15H2,(H,17,18). The van der Waals surface area contributed by atoms with Crippen LogP contribution in [0.3, 0.4) is 0 Å². The van der Waals surface area contributed by atoms with Gasteiger partial charge in [0.1, 0.15) is 0 Å². The lowest BCUT2D eigenvalue weighted by Crippen LogP contribution is -2.47. The summed E-state index contributed by atoms with van der Waals surface area (Å²) in [7, 11) is 0. The lowest BCUT2D eigenvalue weighted by atomic mass is 9.79. The van der Waals surface area contributed by atoms with Crippen molar-refractivity contribution in [3.8, 4) is 0 Å². The molecular weight excluding hydrogens is 244 g/mol.